The Balaban J connectivity index is 2.47. The standard InChI is InChI=1S/C11H17F3N2O/c1-2-16(8-10-4-3-5-17-10)7-9(6-15)11(12,13)14/h9-10H,2-5,7-8H2,1H3. The number of hydrogen-bond donors (Lipinski definition) is 0. The lowest BCUT2D eigenvalue weighted by atomic mass is 10.1. The third-order valence-electron chi connectivity index (χ3n) is 2.92. The first-order valence-electron chi connectivity index (χ1n) is 5.77. The van der Waals surface area contributed by atoms with Crippen LogP contribution in [0.4, 0.5) is 13.2 Å². The number of halogens is 3. The van der Waals surface area contributed by atoms with Crippen LogP contribution in [0.1, 0.15) is 19.8 Å². The summed E-state index contributed by atoms with van der Waals surface area (Å²) in [5, 5.41) is 8.54. The van der Waals surface area contributed by atoms with Crippen molar-refractivity contribution < 1.29 is 17.9 Å². The zero-order chi connectivity index (χ0) is 12.9. The van der Waals surface area contributed by atoms with Crippen molar-refractivity contribution in [2.45, 2.75) is 32.0 Å². The molecule has 0 aromatic heterocycles. The molecule has 3 nitrogen and oxygen atoms in total. The van der Waals surface area contributed by atoms with E-state index in [1.165, 1.54) is 6.07 Å². The molecule has 1 aliphatic rings. The van der Waals surface area contributed by atoms with Gasteiger partial charge in [-0.15, -0.1) is 0 Å². The number of nitriles is 1. The zero-order valence-electron chi connectivity index (χ0n) is 9.83. The molecule has 0 N–H and O–H groups in total. The predicted molar refractivity (Wildman–Crippen MR) is 56.2 cm³/mol. The van der Waals surface area contributed by atoms with Crippen molar-refractivity contribution in [1.82, 2.24) is 4.90 Å². The van der Waals surface area contributed by atoms with Gasteiger partial charge in [0.05, 0.1) is 12.2 Å². The molecule has 98 valence electrons. The van der Waals surface area contributed by atoms with Gasteiger partial charge in [-0.3, -0.25) is 4.90 Å². The minimum absolute atomic E-state index is 0.0162. The number of likely N-dealkylation sites (N-methyl/N-ethyl adjacent to an activating group) is 1. The molecule has 2 unspecified atom stereocenters. The molecule has 0 amide bonds. The average Bonchev–Trinajstić information content (AvgIpc) is 2.74. The van der Waals surface area contributed by atoms with Crippen LogP contribution in [0.15, 0.2) is 0 Å². The Hall–Kier alpha value is -0.800. The van der Waals surface area contributed by atoms with E-state index in [0.717, 1.165) is 12.8 Å². The quantitative estimate of drug-likeness (QED) is 0.750. The van der Waals surface area contributed by atoms with Gasteiger partial charge in [0.15, 0.2) is 5.92 Å². The summed E-state index contributed by atoms with van der Waals surface area (Å²) in [6.07, 6.45) is -2.58. The van der Waals surface area contributed by atoms with Gasteiger partial charge in [0.2, 0.25) is 0 Å². The maximum absolute atomic E-state index is 12.5. The Morgan fingerprint density at radius 2 is 2.24 bits per heavy atom. The lowest BCUT2D eigenvalue weighted by Gasteiger charge is -2.26. The van der Waals surface area contributed by atoms with Gasteiger partial charge < -0.3 is 4.74 Å². The van der Waals surface area contributed by atoms with Crippen molar-refractivity contribution in [2.75, 3.05) is 26.2 Å². The maximum Gasteiger partial charge on any atom is 0.405 e. The minimum atomic E-state index is -4.45. The van der Waals surface area contributed by atoms with Crippen molar-refractivity contribution in [3.05, 3.63) is 0 Å². The topological polar surface area (TPSA) is 36.3 Å². The molecule has 1 fully saturated rings. The molecular weight excluding hydrogens is 233 g/mol. The van der Waals surface area contributed by atoms with Crippen LogP contribution in [0, 0.1) is 17.2 Å². The van der Waals surface area contributed by atoms with Crippen molar-refractivity contribution in [3.63, 3.8) is 0 Å². The van der Waals surface area contributed by atoms with Crippen molar-refractivity contribution in [2.24, 2.45) is 5.92 Å². The number of nitrogens with zero attached hydrogens (tertiary/aromatic N) is 2. The number of rotatable bonds is 5. The van der Waals surface area contributed by atoms with Gasteiger partial charge >= 0.3 is 6.18 Å². The van der Waals surface area contributed by atoms with Crippen LogP contribution in [-0.4, -0.2) is 43.4 Å². The van der Waals surface area contributed by atoms with E-state index in [0.29, 0.717) is 19.7 Å². The molecule has 2 atom stereocenters. The number of hydrogen-bond acceptors (Lipinski definition) is 3. The first kappa shape index (κ1) is 14.3. The van der Waals surface area contributed by atoms with E-state index in [4.69, 9.17) is 10.00 Å². The summed E-state index contributed by atoms with van der Waals surface area (Å²) in [4.78, 5) is 1.64. The summed E-state index contributed by atoms with van der Waals surface area (Å²) in [5.41, 5.74) is 0. The van der Waals surface area contributed by atoms with Gasteiger partial charge in [-0.1, -0.05) is 6.92 Å². The van der Waals surface area contributed by atoms with Crippen molar-refractivity contribution in [1.29, 1.82) is 5.26 Å². The van der Waals surface area contributed by atoms with Crippen molar-refractivity contribution in [3.8, 4) is 6.07 Å². The van der Waals surface area contributed by atoms with E-state index < -0.39 is 12.1 Å². The van der Waals surface area contributed by atoms with Crippen LogP contribution in [0.25, 0.3) is 0 Å². The second-order valence-corrected chi connectivity index (χ2v) is 4.21. The van der Waals surface area contributed by atoms with Gasteiger partial charge in [-0.2, -0.15) is 18.4 Å². The van der Waals surface area contributed by atoms with Crippen LogP contribution in [0.3, 0.4) is 0 Å². The Kier molecular flexibility index (Phi) is 5.22. The second-order valence-electron chi connectivity index (χ2n) is 4.21. The Bertz CT molecular complexity index is 269. The molecule has 0 saturated carbocycles. The Labute approximate surface area is 99.1 Å². The lowest BCUT2D eigenvalue weighted by molar-refractivity contribution is -0.163. The summed E-state index contributed by atoms with van der Waals surface area (Å²) < 4.78 is 42.7. The van der Waals surface area contributed by atoms with E-state index in [1.807, 2.05) is 0 Å². The average molecular weight is 250 g/mol. The highest BCUT2D eigenvalue weighted by Crippen LogP contribution is 2.26. The Morgan fingerprint density at radius 1 is 1.53 bits per heavy atom. The lowest BCUT2D eigenvalue weighted by Crippen LogP contribution is -2.39. The van der Waals surface area contributed by atoms with Crippen LogP contribution < -0.4 is 0 Å². The van der Waals surface area contributed by atoms with Gasteiger partial charge in [0.1, 0.15) is 0 Å². The fourth-order valence-electron chi connectivity index (χ4n) is 1.88. The SMILES string of the molecule is CCN(CC1CCCO1)CC(C#N)C(F)(F)F. The predicted octanol–water partition coefficient (Wildman–Crippen LogP) is 2.19. The normalized spacial score (nSPS) is 22.7. The molecule has 0 bridgehead atoms. The molecule has 1 heterocycles. The first-order valence-corrected chi connectivity index (χ1v) is 5.77. The first-order chi connectivity index (χ1) is 7.97. The second kappa shape index (κ2) is 6.22. The smallest absolute Gasteiger partial charge is 0.377 e. The van der Waals surface area contributed by atoms with Gasteiger partial charge in [0, 0.05) is 19.7 Å². The van der Waals surface area contributed by atoms with Crippen LogP contribution in [0.5, 0.6) is 0 Å². The fourth-order valence-corrected chi connectivity index (χ4v) is 1.88. The summed E-state index contributed by atoms with van der Waals surface area (Å²) in [6.45, 7) is 3.18. The highest BCUT2D eigenvalue weighted by atomic mass is 19.4. The van der Waals surface area contributed by atoms with E-state index in [9.17, 15) is 13.2 Å². The molecule has 1 aliphatic heterocycles. The maximum atomic E-state index is 12.5. The molecule has 6 heteroatoms. The molecule has 0 aromatic rings. The van der Waals surface area contributed by atoms with E-state index in [-0.39, 0.29) is 12.6 Å². The van der Waals surface area contributed by atoms with E-state index >= 15 is 0 Å². The molecule has 0 radical (unpaired) electrons. The third-order valence-corrected chi connectivity index (χ3v) is 2.92. The molecule has 0 spiro atoms. The summed E-state index contributed by atoms with van der Waals surface area (Å²) in [7, 11) is 0. The summed E-state index contributed by atoms with van der Waals surface area (Å²) in [5.74, 6) is -1.91. The summed E-state index contributed by atoms with van der Waals surface area (Å²) >= 11 is 0. The van der Waals surface area contributed by atoms with E-state index in [1.54, 1.807) is 11.8 Å². The molecule has 17 heavy (non-hydrogen) atoms. The molecule has 0 aromatic carbocycles. The molecule has 0 aliphatic carbocycles. The highest BCUT2D eigenvalue weighted by molar-refractivity contribution is 4.91. The van der Waals surface area contributed by atoms with Gasteiger partial charge in [-0.05, 0) is 19.4 Å². The largest absolute Gasteiger partial charge is 0.405 e. The highest BCUT2D eigenvalue weighted by Gasteiger charge is 2.40. The number of alkyl halides is 3. The Morgan fingerprint density at radius 3 is 2.65 bits per heavy atom. The minimum Gasteiger partial charge on any atom is -0.377 e. The van der Waals surface area contributed by atoms with Crippen LogP contribution in [-0.2, 0) is 4.74 Å². The van der Waals surface area contributed by atoms with E-state index in [2.05, 4.69) is 0 Å². The van der Waals surface area contributed by atoms with Crippen molar-refractivity contribution >= 4 is 0 Å². The van der Waals surface area contributed by atoms with Crippen LogP contribution >= 0.6 is 0 Å². The summed E-state index contributed by atoms with van der Waals surface area (Å²) in [6, 6.07) is 1.32. The number of ether oxygens (including phenoxy) is 1. The molecular formula is C11H17F3N2O. The monoisotopic (exact) mass is 250 g/mol. The zero-order valence-corrected chi connectivity index (χ0v) is 9.83. The van der Waals surface area contributed by atoms with Gasteiger partial charge in [0.25, 0.3) is 0 Å². The third kappa shape index (κ3) is 4.52. The van der Waals surface area contributed by atoms with Crippen LogP contribution in [0.2, 0.25) is 0 Å². The van der Waals surface area contributed by atoms with Gasteiger partial charge in [-0.25, -0.2) is 0 Å². The molecule has 1 saturated heterocycles. The fraction of sp³-hybridized carbons (Fsp3) is 0.909. The molecule has 1 rings (SSSR count).